The van der Waals surface area contributed by atoms with E-state index >= 15 is 0 Å². The molecule has 44 heavy (non-hydrogen) atoms. The first-order valence-electron chi connectivity index (χ1n) is 13.2. The normalized spacial score (nSPS) is 12.4. The fourth-order valence-electron chi connectivity index (χ4n) is 2.79. The largest absolute Gasteiger partial charge is 0.395 e. The molecule has 20 heteroatoms. The van der Waals surface area contributed by atoms with Gasteiger partial charge in [-0.2, -0.15) is 16.8 Å². The summed E-state index contributed by atoms with van der Waals surface area (Å²) in [5.41, 5.74) is 8.98. The van der Waals surface area contributed by atoms with Crippen molar-refractivity contribution in [2.75, 3.05) is 38.1 Å². The highest BCUT2D eigenvalue weighted by Gasteiger charge is 2.08. The highest BCUT2D eigenvalue weighted by Crippen LogP contribution is 1.95. The Morgan fingerprint density at radius 1 is 0.682 bits per heavy atom. The van der Waals surface area contributed by atoms with Gasteiger partial charge < -0.3 is 20.8 Å². The van der Waals surface area contributed by atoms with E-state index in [9.17, 15) is 26.4 Å². The highest BCUT2D eigenvalue weighted by molar-refractivity contribution is 7.85. The molecular weight excluding hydrogens is 624 g/mol. The fourth-order valence-corrected chi connectivity index (χ4v) is 3.30. The number of aliphatic hydroxyl groups is 2. The molecule has 2 amide bonds. The van der Waals surface area contributed by atoms with Gasteiger partial charge in [-0.15, -0.1) is 0 Å². The van der Waals surface area contributed by atoms with Gasteiger partial charge in [0.25, 0.3) is 32.1 Å². The molecule has 2 atom stereocenters. The molecule has 2 rings (SSSR count). The standard InChI is InChI=1S/C10H24N2O2.2C7H9N3O4S/c1-3-9(7-13)11-5-6-12-10(4-2)8-14;2*11-7(6-1-3-8-4-2-6)10-9-5-15(12,13)14/h9-14H,3-8H2,1-2H3;2*1-4,9H,5H2,(H,10,11)(H,12,13,14)/t9-,10-;;/m0../s1. The van der Waals surface area contributed by atoms with Crippen molar-refractivity contribution in [1.29, 1.82) is 0 Å². The zero-order valence-corrected chi connectivity index (χ0v) is 26.0. The third-order valence-electron chi connectivity index (χ3n) is 5.22. The Bertz CT molecular complexity index is 1170. The lowest BCUT2D eigenvalue weighted by Crippen LogP contribution is -2.40. The number of rotatable bonds is 17. The van der Waals surface area contributed by atoms with E-state index in [-0.39, 0.29) is 25.3 Å². The van der Waals surface area contributed by atoms with Gasteiger partial charge in [0.05, 0.1) is 13.2 Å². The molecule has 18 nitrogen and oxygen atoms in total. The van der Waals surface area contributed by atoms with Gasteiger partial charge in [0.15, 0.2) is 0 Å². The number of aliphatic hydroxyl groups excluding tert-OH is 2. The highest BCUT2D eigenvalue weighted by atomic mass is 32.2. The van der Waals surface area contributed by atoms with Crippen LogP contribution in [-0.4, -0.2) is 108 Å². The summed E-state index contributed by atoms with van der Waals surface area (Å²) in [5, 5.41) is 24.3. The Kier molecular flexibility index (Phi) is 21.6. The van der Waals surface area contributed by atoms with Crippen molar-refractivity contribution in [1.82, 2.24) is 42.3 Å². The molecule has 0 aromatic carbocycles. The summed E-state index contributed by atoms with van der Waals surface area (Å²) >= 11 is 0. The molecule has 0 bridgehead atoms. The minimum Gasteiger partial charge on any atom is -0.395 e. The second-order valence-electron chi connectivity index (χ2n) is 8.67. The predicted molar refractivity (Wildman–Crippen MR) is 161 cm³/mol. The molecular formula is C24H42N8O10S2. The molecule has 0 saturated carbocycles. The molecule has 250 valence electrons. The number of hydrogen-bond acceptors (Lipinski definition) is 14. The minimum atomic E-state index is -4.14. The van der Waals surface area contributed by atoms with Gasteiger partial charge in [0.2, 0.25) is 0 Å². The number of pyridine rings is 2. The quantitative estimate of drug-likeness (QED) is 0.0498. The van der Waals surface area contributed by atoms with Gasteiger partial charge in [-0.25, -0.2) is 10.9 Å². The summed E-state index contributed by atoms with van der Waals surface area (Å²) in [5.74, 6) is -2.52. The van der Waals surface area contributed by atoms with E-state index in [1.54, 1.807) is 0 Å². The molecule has 0 spiro atoms. The third kappa shape index (κ3) is 22.4. The number of carbonyl (C=O) groups is 2. The summed E-state index contributed by atoms with van der Waals surface area (Å²) < 4.78 is 57.8. The molecule has 0 fully saturated rings. The van der Waals surface area contributed by atoms with Crippen molar-refractivity contribution < 1.29 is 45.7 Å². The average molecular weight is 667 g/mol. The maximum absolute atomic E-state index is 11.3. The third-order valence-corrected chi connectivity index (χ3v) is 6.23. The van der Waals surface area contributed by atoms with Crippen LogP contribution in [0.3, 0.4) is 0 Å². The topological polar surface area (TPSA) is 281 Å². The second-order valence-corrected chi connectivity index (χ2v) is 11.6. The van der Waals surface area contributed by atoms with Crippen molar-refractivity contribution in [3.63, 3.8) is 0 Å². The molecule has 2 aromatic heterocycles. The molecule has 0 saturated heterocycles. The number of hydrazine groups is 2. The number of aromatic nitrogens is 2. The monoisotopic (exact) mass is 666 g/mol. The maximum atomic E-state index is 11.3. The zero-order valence-electron chi connectivity index (χ0n) is 24.4. The first kappa shape index (κ1) is 40.8. The van der Waals surface area contributed by atoms with E-state index in [2.05, 4.69) is 42.3 Å². The molecule has 0 aliphatic heterocycles. The van der Waals surface area contributed by atoms with Gasteiger partial charge in [-0.05, 0) is 37.1 Å². The summed E-state index contributed by atoms with van der Waals surface area (Å²) in [6.45, 7) is 6.13. The van der Waals surface area contributed by atoms with Gasteiger partial charge in [0.1, 0.15) is 11.8 Å². The zero-order chi connectivity index (χ0) is 33.4. The maximum Gasteiger partial charge on any atom is 0.279 e. The van der Waals surface area contributed by atoms with Crippen molar-refractivity contribution in [2.24, 2.45) is 0 Å². The van der Waals surface area contributed by atoms with Crippen molar-refractivity contribution in [3.8, 4) is 0 Å². The van der Waals surface area contributed by atoms with E-state index in [1.165, 1.54) is 49.1 Å². The summed E-state index contributed by atoms with van der Waals surface area (Å²) in [6.07, 6.45) is 7.59. The first-order valence-corrected chi connectivity index (χ1v) is 16.4. The number of nitrogens with zero attached hydrogens (tertiary/aromatic N) is 2. The van der Waals surface area contributed by atoms with Crippen LogP contribution in [0.25, 0.3) is 0 Å². The first-order chi connectivity index (χ1) is 20.8. The Hall–Kier alpha value is -3.18. The van der Waals surface area contributed by atoms with Crippen LogP contribution < -0.4 is 32.3 Å². The lowest BCUT2D eigenvalue weighted by molar-refractivity contribution is 0.0928. The van der Waals surface area contributed by atoms with Crippen LogP contribution in [0.5, 0.6) is 0 Å². The van der Waals surface area contributed by atoms with E-state index in [0.29, 0.717) is 11.1 Å². The predicted octanol–water partition coefficient (Wildman–Crippen LogP) is -1.97. The van der Waals surface area contributed by atoms with Gasteiger partial charge in [-0.1, -0.05) is 13.8 Å². The fraction of sp³-hybridized carbons (Fsp3) is 0.500. The van der Waals surface area contributed by atoms with Crippen LogP contribution in [0.15, 0.2) is 49.1 Å². The Balaban J connectivity index is 0.000000631. The number of amides is 2. The molecule has 0 radical (unpaired) electrons. The molecule has 0 aliphatic rings. The summed E-state index contributed by atoms with van der Waals surface area (Å²) in [7, 11) is -8.28. The summed E-state index contributed by atoms with van der Waals surface area (Å²) in [6, 6.07) is 6.25. The molecule has 2 aromatic rings. The molecule has 0 aliphatic carbocycles. The van der Waals surface area contributed by atoms with Crippen molar-refractivity contribution in [2.45, 2.75) is 38.8 Å². The Morgan fingerprint density at radius 3 is 1.25 bits per heavy atom. The Morgan fingerprint density at radius 2 is 1.00 bits per heavy atom. The van der Waals surface area contributed by atoms with E-state index < -0.39 is 43.8 Å². The van der Waals surface area contributed by atoms with Crippen LogP contribution in [0, 0.1) is 0 Å². The van der Waals surface area contributed by atoms with Crippen LogP contribution in [0.2, 0.25) is 0 Å². The molecule has 10 N–H and O–H groups in total. The van der Waals surface area contributed by atoms with Crippen LogP contribution >= 0.6 is 0 Å². The number of hydrogen-bond donors (Lipinski definition) is 10. The van der Waals surface area contributed by atoms with Crippen LogP contribution in [-0.2, 0) is 20.2 Å². The van der Waals surface area contributed by atoms with Crippen molar-refractivity contribution >= 4 is 32.1 Å². The van der Waals surface area contributed by atoms with Crippen LogP contribution in [0.1, 0.15) is 47.4 Å². The molecule has 2 heterocycles. The smallest absolute Gasteiger partial charge is 0.279 e. The number of carbonyl (C=O) groups excluding carboxylic acids is 2. The van der Waals surface area contributed by atoms with Crippen LogP contribution in [0.4, 0.5) is 0 Å². The lowest BCUT2D eigenvalue weighted by Gasteiger charge is -2.17. The van der Waals surface area contributed by atoms with Gasteiger partial charge in [-0.3, -0.25) is 39.5 Å². The van der Waals surface area contributed by atoms with Crippen molar-refractivity contribution in [3.05, 3.63) is 60.2 Å². The lowest BCUT2D eigenvalue weighted by atomic mass is 10.2. The molecule has 0 unspecified atom stereocenters. The van der Waals surface area contributed by atoms with Gasteiger partial charge in [0, 0.05) is 61.1 Å². The SMILES string of the molecule is CC[C@@H](CO)NCCN[C@@H](CC)CO.O=C(NNCS(=O)(=O)O)c1ccncc1.O=C(NNCS(=O)(=O)O)c1ccncc1. The summed E-state index contributed by atoms with van der Waals surface area (Å²) in [4.78, 5) is 29.9. The van der Waals surface area contributed by atoms with Gasteiger partial charge >= 0.3 is 0 Å². The minimum absolute atomic E-state index is 0.188. The number of nitrogens with one attached hydrogen (secondary N) is 6. The second kappa shape index (κ2) is 23.2. The van der Waals surface area contributed by atoms with E-state index in [4.69, 9.17) is 19.3 Å². The van der Waals surface area contributed by atoms with E-state index in [0.717, 1.165) is 25.9 Å². The Labute approximate surface area is 256 Å². The van der Waals surface area contributed by atoms with E-state index in [1.807, 2.05) is 13.8 Å². The average Bonchev–Trinajstić information content (AvgIpc) is 2.99.